The van der Waals surface area contributed by atoms with Gasteiger partial charge in [-0.1, -0.05) is 236 Å². The van der Waals surface area contributed by atoms with E-state index in [0.29, 0.717) is 19.3 Å². The average Bonchev–Trinajstić information content (AvgIpc) is 3.26. The van der Waals surface area contributed by atoms with E-state index in [1.54, 1.807) is 0 Å². The molecule has 0 aliphatic rings. The number of unbranched alkanes of at least 4 members (excludes halogenated alkanes) is 28. The maximum absolute atomic E-state index is 13.2. The number of aliphatic hydroxyl groups is 2. The maximum atomic E-state index is 13.2. The largest absolute Gasteiger partial charge is 0.462 e. The van der Waals surface area contributed by atoms with Gasteiger partial charge in [-0.15, -0.1) is 0 Å². The summed E-state index contributed by atoms with van der Waals surface area (Å²) in [4.78, 5) is 26.0. The second-order valence-electron chi connectivity index (χ2n) is 18.3. The van der Waals surface area contributed by atoms with Crippen molar-refractivity contribution in [2.24, 2.45) is 0 Å². The Kier molecular flexibility index (Phi) is 48.1. The van der Waals surface area contributed by atoms with Gasteiger partial charge in [0, 0.05) is 6.42 Å². The lowest BCUT2D eigenvalue weighted by atomic mass is 10.0. The highest BCUT2D eigenvalue weighted by molar-refractivity contribution is 5.77. The Bertz CT molecular complexity index is 1070. The number of rotatable bonds is 48. The zero-order chi connectivity index (χ0) is 45.2. The van der Waals surface area contributed by atoms with E-state index in [2.05, 4.69) is 74.7 Å². The molecule has 0 spiro atoms. The van der Waals surface area contributed by atoms with Gasteiger partial charge in [0.25, 0.3) is 0 Å². The van der Waals surface area contributed by atoms with Crippen LogP contribution in [0.3, 0.4) is 0 Å². The minimum absolute atomic E-state index is 0.0655. The fraction of sp³-hybridized carbons (Fsp3) is 0.821. The number of nitrogens with one attached hydrogen (secondary N) is 1. The van der Waals surface area contributed by atoms with E-state index < -0.39 is 18.2 Å². The molecule has 0 fully saturated rings. The van der Waals surface area contributed by atoms with Gasteiger partial charge in [-0.05, 0) is 70.6 Å². The number of aliphatic hydroxyl groups excluding tert-OH is 2. The van der Waals surface area contributed by atoms with Crippen molar-refractivity contribution in [2.75, 3.05) is 6.61 Å². The van der Waals surface area contributed by atoms with Crippen LogP contribution in [-0.2, 0) is 14.3 Å². The third-order valence-electron chi connectivity index (χ3n) is 12.2. The number of carbonyl (C=O) groups is 2. The molecule has 0 aromatic carbocycles. The molecule has 0 radical (unpaired) electrons. The highest BCUT2D eigenvalue weighted by Gasteiger charge is 2.24. The number of esters is 1. The zero-order valence-corrected chi connectivity index (χ0v) is 41.3. The van der Waals surface area contributed by atoms with Gasteiger partial charge in [0.1, 0.15) is 6.10 Å². The summed E-state index contributed by atoms with van der Waals surface area (Å²) in [6.45, 7) is 6.43. The standard InChI is InChI=1S/C56H103NO5/c1-4-7-10-13-16-18-20-22-24-26-27-29-31-33-35-37-40-43-46-49-56(61)62-52(47-44-41-38-15-12-9-6-3)50-55(60)57-53(51-58)54(59)48-45-42-39-36-34-32-30-28-25-23-21-19-17-14-11-8-5-2/h16,18,22,24,27,29,33,35,52-54,58-59H,4-15,17,19-21,23,25-26,28,30-32,34,36-51H2,1-3H3,(H,57,60)/b18-16-,24-22-,29-27-,35-33-. The third kappa shape index (κ3) is 44.4. The average molecular weight is 870 g/mol. The molecule has 3 unspecified atom stereocenters. The van der Waals surface area contributed by atoms with Crippen LogP contribution in [0.25, 0.3) is 0 Å². The molecule has 0 aliphatic heterocycles. The quantitative estimate of drug-likeness (QED) is 0.0322. The van der Waals surface area contributed by atoms with E-state index in [1.807, 2.05) is 0 Å². The third-order valence-corrected chi connectivity index (χ3v) is 12.2. The highest BCUT2D eigenvalue weighted by atomic mass is 16.5. The van der Waals surface area contributed by atoms with Crippen LogP contribution in [0.4, 0.5) is 0 Å². The van der Waals surface area contributed by atoms with Gasteiger partial charge >= 0.3 is 5.97 Å². The Balaban J connectivity index is 4.37. The van der Waals surface area contributed by atoms with Crippen molar-refractivity contribution in [2.45, 2.75) is 289 Å². The first-order valence-corrected chi connectivity index (χ1v) is 26.9. The molecule has 1 amide bonds. The van der Waals surface area contributed by atoms with Crippen LogP contribution in [0.2, 0.25) is 0 Å². The summed E-state index contributed by atoms with van der Waals surface area (Å²) in [6, 6.07) is -0.705. The van der Waals surface area contributed by atoms with Crippen LogP contribution in [0.5, 0.6) is 0 Å². The van der Waals surface area contributed by atoms with Crippen molar-refractivity contribution in [3.63, 3.8) is 0 Å². The molecule has 0 bridgehead atoms. The van der Waals surface area contributed by atoms with Gasteiger partial charge in [0.2, 0.25) is 5.91 Å². The van der Waals surface area contributed by atoms with Crippen LogP contribution in [0.1, 0.15) is 271 Å². The van der Waals surface area contributed by atoms with Crippen molar-refractivity contribution >= 4 is 11.9 Å². The van der Waals surface area contributed by atoms with Gasteiger partial charge in [-0.2, -0.15) is 0 Å². The van der Waals surface area contributed by atoms with Crippen LogP contribution in [-0.4, -0.2) is 46.9 Å². The molecule has 0 heterocycles. The smallest absolute Gasteiger partial charge is 0.306 e. The minimum atomic E-state index is -0.791. The molecule has 62 heavy (non-hydrogen) atoms. The van der Waals surface area contributed by atoms with Gasteiger partial charge in [-0.25, -0.2) is 0 Å². The van der Waals surface area contributed by atoms with Gasteiger partial charge in [0.05, 0.1) is 25.2 Å². The molecule has 0 saturated carbocycles. The molecule has 3 N–H and O–H groups in total. The second-order valence-corrected chi connectivity index (χ2v) is 18.3. The summed E-state index contributed by atoms with van der Waals surface area (Å²) in [6.07, 6.45) is 60.4. The normalized spacial score (nSPS) is 13.6. The lowest BCUT2D eigenvalue weighted by Crippen LogP contribution is -2.46. The van der Waals surface area contributed by atoms with Gasteiger partial charge in [0.15, 0.2) is 0 Å². The zero-order valence-electron chi connectivity index (χ0n) is 41.3. The molecule has 0 aliphatic carbocycles. The summed E-state index contributed by atoms with van der Waals surface area (Å²) in [5.41, 5.74) is 0. The van der Waals surface area contributed by atoms with Crippen molar-refractivity contribution < 1.29 is 24.5 Å². The number of hydrogen-bond donors (Lipinski definition) is 3. The Morgan fingerprint density at radius 1 is 0.468 bits per heavy atom. The van der Waals surface area contributed by atoms with E-state index >= 15 is 0 Å². The minimum Gasteiger partial charge on any atom is -0.462 e. The summed E-state index contributed by atoms with van der Waals surface area (Å²) in [7, 11) is 0. The number of amides is 1. The molecule has 0 rings (SSSR count). The SMILES string of the molecule is CCCCC/C=C\C/C=C\C/C=C\C/C=C\CCCCCC(=O)OC(CCCCCCCCC)CC(=O)NC(CO)C(O)CCCCCCCCCCCCCCCCCCC. The maximum Gasteiger partial charge on any atom is 0.306 e. The van der Waals surface area contributed by atoms with Crippen LogP contribution >= 0.6 is 0 Å². The van der Waals surface area contributed by atoms with Gasteiger partial charge in [-0.3, -0.25) is 9.59 Å². The Morgan fingerprint density at radius 2 is 0.823 bits per heavy atom. The first kappa shape index (κ1) is 59.8. The van der Waals surface area contributed by atoms with E-state index in [4.69, 9.17) is 4.74 Å². The molecule has 0 aromatic heterocycles. The molecule has 6 nitrogen and oxygen atoms in total. The van der Waals surface area contributed by atoms with E-state index in [0.717, 1.165) is 83.5 Å². The monoisotopic (exact) mass is 870 g/mol. The predicted molar refractivity (Wildman–Crippen MR) is 269 cm³/mol. The Morgan fingerprint density at radius 3 is 1.26 bits per heavy atom. The number of ether oxygens (including phenoxy) is 1. The summed E-state index contributed by atoms with van der Waals surface area (Å²) in [5, 5.41) is 23.7. The fourth-order valence-corrected chi connectivity index (χ4v) is 8.06. The Hall–Kier alpha value is -2.18. The number of allylic oxidation sites excluding steroid dienone is 8. The predicted octanol–water partition coefficient (Wildman–Crippen LogP) is 16.2. The van der Waals surface area contributed by atoms with Gasteiger partial charge < -0.3 is 20.3 Å². The Labute approximate surface area is 385 Å². The van der Waals surface area contributed by atoms with Crippen LogP contribution < -0.4 is 5.32 Å². The lowest BCUT2D eigenvalue weighted by Gasteiger charge is -2.24. The molecule has 6 heteroatoms. The summed E-state index contributed by atoms with van der Waals surface area (Å²) < 4.78 is 5.89. The molecule has 0 saturated heterocycles. The first-order valence-electron chi connectivity index (χ1n) is 26.9. The fourth-order valence-electron chi connectivity index (χ4n) is 8.06. The molecular formula is C56H103NO5. The summed E-state index contributed by atoms with van der Waals surface area (Å²) >= 11 is 0. The number of carbonyl (C=O) groups excluding carboxylic acids is 2. The number of hydrogen-bond acceptors (Lipinski definition) is 5. The van der Waals surface area contributed by atoms with Crippen molar-refractivity contribution in [1.82, 2.24) is 5.32 Å². The van der Waals surface area contributed by atoms with Crippen molar-refractivity contribution in [1.29, 1.82) is 0 Å². The van der Waals surface area contributed by atoms with Crippen molar-refractivity contribution in [3.8, 4) is 0 Å². The highest BCUT2D eigenvalue weighted by Crippen LogP contribution is 2.18. The van der Waals surface area contributed by atoms with E-state index in [1.165, 1.54) is 141 Å². The summed E-state index contributed by atoms with van der Waals surface area (Å²) in [5.74, 6) is -0.508. The van der Waals surface area contributed by atoms with Crippen LogP contribution in [0.15, 0.2) is 48.6 Å². The molecule has 3 atom stereocenters. The molecule has 0 aromatic rings. The lowest BCUT2D eigenvalue weighted by molar-refractivity contribution is -0.151. The second kappa shape index (κ2) is 49.8. The first-order chi connectivity index (χ1) is 30.5. The van der Waals surface area contributed by atoms with E-state index in [9.17, 15) is 19.8 Å². The molecule has 362 valence electrons. The van der Waals surface area contributed by atoms with Crippen LogP contribution in [0, 0.1) is 0 Å². The van der Waals surface area contributed by atoms with E-state index in [-0.39, 0.29) is 24.9 Å². The molecular weight excluding hydrogens is 767 g/mol. The van der Waals surface area contributed by atoms with Crippen molar-refractivity contribution in [3.05, 3.63) is 48.6 Å². The topological polar surface area (TPSA) is 95.9 Å².